The fraction of sp³-hybridized carbons (Fsp3) is 0.538. The predicted molar refractivity (Wildman–Crippen MR) is 145 cm³/mol. The lowest BCUT2D eigenvalue weighted by atomic mass is 10.0. The van der Waals surface area contributed by atoms with Crippen LogP contribution in [-0.4, -0.2) is 73.1 Å². The molecule has 1 aromatic rings. The smallest absolute Gasteiger partial charge is 0.243 e. The standard InChI is InChI=1S/C26H41N7O6/c1-16(34)18(10-12-22(28)35)31-25(38)20(11-13-23(29)36)33-24(37)19(9-6-14-27)32-26(39)21(30-2)15-17-7-4-3-5-8-17/h3-5,7-8,18-21,30H,6,9-15,27H2,1-2H3,(H2,28,35)(H2,29,36)(H,31,38)(H,32,39)(H,33,37)/t18-,19-,20-,21-/m0/s1. The van der Waals surface area contributed by atoms with Gasteiger partial charge in [-0.05, 0) is 58.2 Å². The second-order valence-electron chi connectivity index (χ2n) is 9.27. The number of carbonyl (C=O) groups is 6. The molecule has 0 fully saturated rings. The molecule has 0 aliphatic heterocycles. The van der Waals surface area contributed by atoms with Gasteiger partial charge in [0.05, 0.1) is 12.1 Å². The Labute approximate surface area is 228 Å². The van der Waals surface area contributed by atoms with Crippen LogP contribution in [0.3, 0.4) is 0 Å². The number of Topliss-reactive ketones (excluding diaryl/α,β-unsaturated/α-hetero) is 1. The summed E-state index contributed by atoms with van der Waals surface area (Å²) in [4.78, 5) is 73.8. The number of nitrogens with two attached hydrogens (primary N) is 3. The van der Waals surface area contributed by atoms with Crippen LogP contribution in [0.5, 0.6) is 0 Å². The van der Waals surface area contributed by atoms with Gasteiger partial charge in [-0.1, -0.05) is 30.3 Å². The molecule has 0 aromatic heterocycles. The van der Waals surface area contributed by atoms with Gasteiger partial charge in [-0.25, -0.2) is 0 Å². The van der Waals surface area contributed by atoms with Crippen LogP contribution in [0.15, 0.2) is 30.3 Å². The maximum Gasteiger partial charge on any atom is 0.243 e. The first kappa shape index (κ1) is 33.2. The Morgan fingerprint density at radius 1 is 0.718 bits per heavy atom. The van der Waals surface area contributed by atoms with Crippen molar-refractivity contribution >= 4 is 35.3 Å². The summed E-state index contributed by atoms with van der Waals surface area (Å²) in [5.41, 5.74) is 16.9. The van der Waals surface area contributed by atoms with Gasteiger partial charge in [-0.3, -0.25) is 28.8 Å². The highest BCUT2D eigenvalue weighted by Crippen LogP contribution is 2.07. The van der Waals surface area contributed by atoms with E-state index in [-0.39, 0.29) is 38.6 Å². The van der Waals surface area contributed by atoms with Gasteiger partial charge in [-0.2, -0.15) is 0 Å². The van der Waals surface area contributed by atoms with Crippen LogP contribution in [0.4, 0.5) is 0 Å². The van der Waals surface area contributed by atoms with Crippen LogP contribution in [0.25, 0.3) is 0 Å². The maximum absolute atomic E-state index is 13.2. The summed E-state index contributed by atoms with van der Waals surface area (Å²) in [6, 6.07) is 5.46. The SMILES string of the molecule is CN[C@@H](Cc1ccccc1)C(=O)N[C@@H](CCCN)C(=O)N[C@@H](CCC(N)=O)C(=O)N[C@@H](CCC(N)=O)C(C)=O. The molecule has 0 unspecified atom stereocenters. The molecule has 1 aromatic carbocycles. The van der Waals surface area contributed by atoms with Gasteiger partial charge in [0.1, 0.15) is 12.1 Å². The van der Waals surface area contributed by atoms with E-state index in [0.717, 1.165) is 5.56 Å². The van der Waals surface area contributed by atoms with E-state index >= 15 is 0 Å². The number of ketones is 1. The van der Waals surface area contributed by atoms with Crippen molar-refractivity contribution < 1.29 is 28.8 Å². The Morgan fingerprint density at radius 2 is 1.18 bits per heavy atom. The number of nitrogens with one attached hydrogen (secondary N) is 4. The van der Waals surface area contributed by atoms with Gasteiger partial charge >= 0.3 is 0 Å². The van der Waals surface area contributed by atoms with Crippen molar-refractivity contribution in [3.63, 3.8) is 0 Å². The molecule has 13 heteroatoms. The summed E-state index contributed by atoms with van der Waals surface area (Å²) in [6.45, 7) is 1.51. The van der Waals surface area contributed by atoms with Crippen molar-refractivity contribution in [2.45, 2.75) is 76.0 Å². The molecule has 0 saturated carbocycles. The van der Waals surface area contributed by atoms with Crippen LogP contribution in [0.2, 0.25) is 0 Å². The predicted octanol–water partition coefficient (Wildman–Crippen LogP) is -1.87. The third kappa shape index (κ3) is 13.0. The Kier molecular flexibility index (Phi) is 15.0. The Hall–Kier alpha value is -3.84. The van der Waals surface area contributed by atoms with Gasteiger partial charge in [0.25, 0.3) is 0 Å². The molecule has 0 saturated heterocycles. The quantitative estimate of drug-likeness (QED) is 0.103. The van der Waals surface area contributed by atoms with Crippen LogP contribution in [0.1, 0.15) is 51.0 Å². The van der Waals surface area contributed by atoms with Crippen LogP contribution < -0.4 is 38.5 Å². The molecule has 13 nitrogen and oxygen atoms in total. The first-order valence-electron chi connectivity index (χ1n) is 12.9. The van der Waals surface area contributed by atoms with Gasteiger partial charge in [-0.15, -0.1) is 0 Å². The number of benzene rings is 1. The van der Waals surface area contributed by atoms with E-state index in [4.69, 9.17) is 17.2 Å². The number of primary amides is 2. The highest BCUT2D eigenvalue weighted by molar-refractivity contribution is 5.95. The third-order valence-corrected chi connectivity index (χ3v) is 6.08. The maximum atomic E-state index is 13.2. The molecule has 10 N–H and O–H groups in total. The molecule has 4 atom stereocenters. The van der Waals surface area contributed by atoms with Crippen LogP contribution in [-0.2, 0) is 35.2 Å². The average Bonchev–Trinajstić information content (AvgIpc) is 2.89. The molecule has 0 aliphatic carbocycles. The molecule has 0 heterocycles. The molecular formula is C26H41N7O6. The van der Waals surface area contributed by atoms with Gasteiger partial charge in [0, 0.05) is 12.8 Å². The van der Waals surface area contributed by atoms with Crippen molar-refractivity contribution in [2.24, 2.45) is 17.2 Å². The molecule has 0 radical (unpaired) electrons. The van der Waals surface area contributed by atoms with E-state index in [0.29, 0.717) is 12.8 Å². The number of amides is 5. The molecule has 216 valence electrons. The lowest BCUT2D eigenvalue weighted by Crippen LogP contribution is -2.57. The second-order valence-corrected chi connectivity index (χ2v) is 9.27. The number of carbonyl (C=O) groups excluding carboxylic acids is 6. The van der Waals surface area contributed by atoms with Crippen molar-refractivity contribution in [1.29, 1.82) is 0 Å². The van der Waals surface area contributed by atoms with Crippen molar-refractivity contribution in [1.82, 2.24) is 21.3 Å². The average molecular weight is 548 g/mol. The van der Waals surface area contributed by atoms with E-state index in [2.05, 4.69) is 21.3 Å². The topological polar surface area (TPSA) is 229 Å². The Morgan fingerprint density at radius 3 is 1.64 bits per heavy atom. The molecule has 39 heavy (non-hydrogen) atoms. The van der Waals surface area contributed by atoms with E-state index in [9.17, 15) is 28.8 Å². The van der Waals surface area contributed by atoms with Crippen LogP contribution in [0, 0.1) is 0 Å². The minimum atomic E-state index is -1.23. The summed E-state index contributed by atoms with van der Waals surface area (Å²) in [5.74, 6) is -3.55. The lowest BCUT2D eigenvalue weighted by Gasteiger charge is -2.26. The van der Waals surface area contributed by atoms with Gasteiger partial charge in [0.15, 0.2) is 5.78 Å². The number of hydrogen-bond donors (Lipinski definition) is 7. The normalized spacial score (nSPS) is 13.8. The summed E-state index contributed by atoms with van der Waals surface area (Å²) in [5, 5.41) is 10.7. The minimum absolute atomic E-state index is 0.0190. The number of hydrogen-bond acceptors (Lipinski definition) is 8. The Balaban J connectivity index is 3.02. The molecule has 0 bridgehead atoms. The largest absolute Gasteiger partial charge is 0.370 e. The van der Waals surface area contributed by atoms with E-state index in [1.54, 1.807) is 7.05 Å². The van der Waals surface area contributed by atoms with E-state index in [1.807, 2.05) is 30.3 Å². The minimum Gasteiger partial charge on any atom is -0.370 e. The molecule has 5 amide bonds. The van der Waals surface area contributed by atoms with Gasteiger partial charge in [0.2, 0.25) is 29.5 Å². The fourth-order valence-corrected chi connectivity index (χ4v) is 3.80. The van der Waals surface area contributed by atoms with Crippen molar-refractivity contribution in [3.8, 4) is 0 Å². The number of likely N-dealkylation sites (N-methyl/N-ethyl adjacent to an activating group) is 1. The van der Waals surface area contributed by atoms with Gasteiger partial charge < -0.3 is 38.5 Å². The second kappa shape index (κ2) is 17.6. The molecular weight excluding hydrogens is 506 g/mol. The highest BCUT2D eigenvalue weighted by atomic mass is 16.2. The molecule has 0 aliphatic rings. The van der Waals surface area contributed by atoms with E-state index in [1.165, 1.54) is 6.92 Å². The third-order valence-electron chi connectivity index (χ3n) is 6.08. The summed E-state index contributed by atoms with van der Waals surface area (Å²) in [7, 11) is 1.63. The zero-order valence-corrected chi connectivity index (χ0v) is 22.5. The number of rotatable bonds is 19. The molecule has 1 rings (SSSR count). The monoisotopic (exact) mass is 547 g/mol. The Bertz CT molecular complexity index is 988. The summed E-state index contributed by atoms with van der Waals surface area (Å²) < 4.78 is 0. The first-order chi connectivity index (χ1) is 18.5. The summed E-state index contributed by atoms with van der Waals surface area (Å²) in [6.07, 6.45) is 0.491. The zero-order chi connectivity index (χ0) is 29.4. The van der Waals surface area contributed by atoms with Crippen molar-refractivity contribution in [2.75, 3.05) is 13.6 Å². The van der Waals surface area contributed by atoms with E-state index < -0.39 is 59.5 Å². The fourth-order valence-electron chi connectivity index (χ4n) is 3.80. The first-order valence-corrected chi connectivity index (χ1v) is 12.9. The summed E-state index contributed by atoms with van der Waals surface area (Å²) >= 11 is 0. The van der Waals surface area contributed by atoms with Crippen molar-refractivity contribution in [3.05, 3.63) is 35.9 Å². The molecule has 0 spiro atoms. The lowest BCUT2D eigenvalue weighted by molar-refractivity contribution is -0.134. The highest BCUT2D eigenvalue weighted by Gasteiger charge is 2.30. The van der Waals surface area contributed by atoms with Crippen LogP contribution >= 0.6 is 0 Å². The zero-order valence-electron chi connectivity index (χ0n) is 22.5.